The number of nitrogens with one attached hydrogen (secondary N) is 1. The highest BCUT2D eigenvalue weighted by Crippen LogP contribution is 2.28. The lowest BCUT2D eigenvalue weighted by atomic mass is 9.98. The first kappa shape index (κ1) is 19.0. The maximum atomic E-state index is 12.9. The first-order valence-corrected chi connectivity index (χ1v) is 10.3. The van der Waals surface area contributed by atoms with Crippen molar-refractivity contribution in [1.29, 1.82) is 0 Å². The molecule has 1 amide bonds. The van der Waals surface area contributed by atoms with Gasteiger partial charge in [0, 0.05) is 10.4 Å². The Labute approximate surface area is 173 Å². The fourth-order valence-electron chi connectivity index (χ4n) is 3.11. The van der Waals surface area contributed by atoms with Crippen LogP contribution >= 0.6 is 11.3 Å². The van der Waals surface area contributed by atoms with Crippen LogP contribution < -0.4 is 5.32 Å². The summed E-state index contributed by atoms with van der Waals surface area (Å²) in [6.07, 6.45) is 1.52. The summed E-state index contributed by atoms with van der Waals surface area (Å²) in [5, 5.41) is 16.3. The summed E-state index contributed by atoms with van der Waals surface area (Å²) in [6.45, 7) is 4.35. The van der Waals surface area contributed by atoms with Crippen LogP contribution in [-0.2, 0) is 0 Å². The number of tetrazole rings is 1. The van der Waals surface area contributed by atoms with Gasteiger partial charge in [-0.1, -0.05) is 44.2 Å². The smallest absolute Gasteiger partial charge is 0.252 e. The zero-order valence-corrected chi connectivity index (χ0v) is 17.0. The molecule has 4 rings (SSSR count). The third-order valence-electron chi connectivity index (χ3n) is 4.78. The van der Waals surface area contributed by atoms with E-state index in [0.29, 0.717) is 11.5 Å². The molecule has 0 aliphatic carbocycles. The summed E-state index contributed by atoms with van der Waals surface area (Å²) in [6, 6.07) is 19.5. The number of carbonyl (C=O) groups is 1. The standard InChI is InChI=1S/C22H21N5OS/c1-15(2)16-5-7-17(8-6-16)21(20-4-3-13-29-20)24-22(28)18-9-11-19(12-10-18)27-14-23-25-26-27/h3-15,21H,1-2H3,(H,24,28). The first-order valence-electron chi connectivity index (χ1n) is 9.39. The molecule has 0 spiro atoms. The fourth-order valence-corrected chi connectivity index (χ4v) is 3.91. The first-order chi connectivity index (χ1) is 14.1. The van der Waals surface area contributed by atoms with Crippen molar-refractivity contribution in [3.8, 4) is 5.69 Å². The van der Waals surface area contributed by atoms with Gasteiger partial charge in [-0.2, -0.15) is 0 Å². The van der Waals surface area contributed by atoms with Gasteiger partial charge in [0.1, 0.15) is 6.33 Å². The van der Waals surface area contributed by atoms with E-state index in [1.54, 1.807) is 28.2 Å². The number of carbonyl (C=O) groups excluding carboxylic acids is 1. The number of benzene rings is 2. The summed E-state index contributed by atoms with van der Waals surface area (Å²) in [5.74, 6) is 0.345. The predicted octanol–water partition coefficient (Wildman–Crippen LogP) is 4.37. The highest BCUT2D eigenvalue weighted by molar-refractivity contribution is 7.10. The molecule has 0 saturated carbocycles. The third kappa shape index (κ3) is 4.25. The van der Waals surface area contributed by atoms with E-state index in [1.807, 2.05) is 29.6 Å². The Morgan fingerprint density at radius 1 is 1.00 bits per heavy atom. The van der Waals surface area contributed by atoms with Gasteiger partial charge in [0.25, 0.3) is 5.91 Å². The molecule has 0 fully saturated rings. The third-order valence-corrected chi connectivity index (χ3v) is 5.72. The summed E-state index contributed by atoms with van der Waals surface area (Å²) in [7, 11) is 0. The molecule has 2 heterocycles. The normalized spacial score (nSPS) is 12.1. The Morgan fingerprint density at radius 3 is 2.31 bits per heavy atom. The van der Waals surface area contributed by atoms with E-state index < -0.39 is 0 Å². The fraction of sp³-hybridized carbons (Fsp3) is 0.182. The second-order valence-electron chi connectivity index (χ2n) is 7.04. The number of hydrogen-bond donors (Lipinski definition) is 1. The van der Waals surface area contributed by atoms with E-state index >= 15 is 0 Å². The van der Waals surface area contributed by atoms with Crippen LogP contribution in [0.15, 0.2) is 72.4 Å². The number of amides is 1. The minimum Gasteiger partial charge on any atom is -0.340 e. The molecule has 7 heteroatoms. The zero-order valence-electron chi connectivity index (χ0n) is 16.2. The van der Waals surface area contributed by atoms with Gasteiger partial charge in [-0.05, 0) is 63.2 Å². The Kier molecular flexibility index (Phi) is 5.48. The van der Waals surface area contributed by atoms with Gasteiger partial charge in [0.05, 0.1) is 11.7 Å². The molecule has 2 aromatic carbocycles. The molecule has 1 N–H and O–H groups in total. The van der Waals surface area contributed by atoms with Crippen LogP contribution in [0.25, 0.3) is 5.69 Å². The lowest BCUT2D eigenvalue weighted by Crippen LogP contribution is -2.28. The molecule has 4 aromatic rings. The van der Waals surface area contributed by atoms with Crippen LogP contribution in [0.3, 0.4) is 0 Å². The van der Waals surface area contributed by atoms with Gasteiger partial charge in [0.2, 0.25) is 0 Å². The van der Waals surface area contributed by atoms with Crippen molar-refractivity contribution in [2.24, 2.45) is 0 Å². The van der Waals surface area contributed by atoms with E-state index in [4.69, 9.17) is 0 Å². The number of rotatable bonds is 6. The van der Waals surface area contributed by atoms with Crippen LogP contribution in [-0.4, -0.2) is 26.1 Å². The van der Waals surface area contributed by atoms with Crippen molar-refractivity contribution >= 4 is 17.2 Å². The SMILES string of the molecule is CC(C)c1ccc(C(NC(=O)c2ccc(-n3cnnn3)cc2)c2cccs2)cc1. The van der Waals surface area contributed by atoms with E-state index in [-0.39, 0.29) is 11.9 Å². The van der Waals surface area contributed by atoms with E-state index in [9.17, 15) is 4.79 Å². The largest absolute Gasteiger partial charge is 0.340 e. The molecule has 146 valence electrons. The molecule has 1 atom stereocenters. The van der Waals surface area contributed by atoms with Crippen LogP contribution in [0.5, 0.6) is 0 Å². The Balaban J connectivity index is 1.57. The molecule has 0 radical (unpaired) electrons. The van der Waals surface area contributed by atoms with Crippen molar-refractivity contribution < 1.29 is 4.79 Å². The Bertz CT molecular complexity index is 1060. The van der Waals surface area contributed by atoms with Crippen LogP contribution in [0.1, 0.15) is 52.2 Å². The van der Waals surface area contributed by atoms with Crippen LogP contribution in [0.4, 0.5) is 0 Å². The number of aromatic nitrogens is 4. The highest BCUT2D eigenvalue weighted by Gasteiger charge is 2.19. The molecule has 1 unspecified atom stereocenters. The minimum absolute atomic E-state index is 0.125. The number of hydrogen-bond acceptors (Lipinski definition) is 5. The molecule has 29 heavy (non-hydrogen) atoms. The monoisotopic (exact) mass is 403 g/mol. The van der Waals surface area contributed by atoms with Crippen LogP contribution in [0.2, 0.25) is 0 Å². The van der Waals surface area contributed by atoms with Gasteiger partial charge >= 0.3 is 0 Å². The highest BCUT2D eigenvalue weighted by atomic mass is 32.1. The van der Waals surface area contributed by atoms with Crippen molar-refractivity contribution in [3.05, 3.63) is 93.9 Å². The maximum absolute atomic E-state index is 12.9. The molecule has 0 aliphatic rings. The van der Waals surface area contributed by atoms with E-state index in [1.165, 1.54) is 11.9 Å². The Morgan fingerprint density at radius 2 is 1.72 bits per heavy atom. The quantitative estimate of drug-likeness (QED) is 0.519. The van der Waals surface area contributed by atoms with Crippen molar-refractivity contribution in [3.63, 3.8) is 0 Å². The molecular weight excluding hydrogens is 382 g/mol. The number of thiophene rings is 1. The van der Waals surface area contributed by atoms with E-state index in [2.05, 4.69) is 59.0 Å². The molecule has 0 bridgehead atoms. The predicted molar refractivity (Wildman–Crippen MR) is 113 cm³/mol. The van der Waals surface area contributed by atoms with Crippen molar-refractivity contribution in [1.82, 2.24) is 25.5 Å². The summed E-state index contributed by atoms with van der Waals surface area (Å²) >= 11 is 1.63. The maximum Gasteiger partial charge on any atom is 0.252 e. The minimum atomic E-state index is -0.192. The van der Waals surface area contributed by atoms with Gasteiger partial charge in [-0.15, -0.1) is 16.4 Å². The van der Waals surface area contributed by atoms with Gasteiger partial charge < -0.3 is 5.32 Å². The second-order valence-corrected chi connectivity index (χ2v) is 8.02. The summed E-state index contributed by atoms with van der Waals surface area (Å²) in [4.78, 5) is 14.0. The van der Waals surface area contributed by atoms with Gasteiger partial charge in [0.15, 0.2) is 0 Å². The van der Waals surface area contributed by atoms with Crippen molar-refractivity contribution in [2.75, 3.05) is 0 Å². The average molecular weight is 404 g/mol. The van der Waals surface area contributed by atoms with Crippen molar-refractivity contribution in [2.45, 2.75) is 25.8 Å². The summed E-state index contributed by atoms with van der Waals surface area (Å²) < 4.78 is 1.55. The van der Waals surface area contributed by atoms with E-state index in [0.717, 1.165) is 16.1 Å². The lowest BCUT2D eigenvalue weighted by Gasteiger charge is -2.19. The van der Waals surface area contributed by atoms with Gasteiger partial charge in [-0.3, -0.25) is 4.79 Å². The van der Waals surface area contributed by atoms with Gasteiger partial charge in [-0.25, -0.2) is 4.68 Å². The molecular formula is C22H21N5OS. The van der Waals surface area contributed by atoms with Crippen LogP contribution in [0, 0.1) is 0 Å². The molecule has 0 aliphatic heterocycles. The number of nitrogens with zero attached hydrogens (tertiary/aromatic N) is 4. The summed E-state index contributed by atoms with van der Waals surface area (Å²) in [5.41, 5.74) is 3.73. The lowest BCUT2D eigenvalue weighted by molar-refractivity contribution is 0.0943. The average Bonchev–Trinajstić information content (AvgIpc) is 3.46. The Hall–Kier alpha value is -3.32. The molecule has 0 saturated heterocycles. The topological polar surface area (TPSA) is 72.7 Å². The zero-order chi connectivity index (χ0) is 20.2. The molecule has 2 aromatic heterocycles. The second kappa shape index (κ2) is 8.36. The molecule has 6 nitrogen and oxygen atoms in total.